The maximum atomic E-state index is 5.66. The number of thioether (sulfide) groups is 2. The summed E-state index contributed by atoms with van der Waals surface area (Å²) < 4.78 is 11.9. The number of ether oxygens (including phenoxy) is 2. The molecule has 0 aromatic rings. The third-order valence-electron chi connectivity index (χ3n) is 9.30. The predicted molar refractivity (Wildman–Crippen MR) is 157 cm³/mol. The molecular weight excluding hydrogens is 486 g/mol. The predicted octanol–water partition coefficient (Wildman–Crippen LogP) is 5.78. The first-order valence-corrected chi connectivity index (χ1v) is 16.9. The lowest BCUT2D eigenvalue weighted by atomic mass is 9.63. The van der Waals surface area contributed by atoms with E-state index in [-0.39, 0.29) is 5.79 Å². The molecule has 5 nitrogen and oxygen atoms in total. The van der Waals surface area contributed by atoms with E-state index in [1.807, 2.05) is 0 Å². The third-order valence-corrected chi connectivity index (χ3v) is 12.7. The molecule has 7 heteroatoms. The van der Waals surface area contributed by atoms with Crippen LogP contribution < -0.4 is 0 Å². The van der Waals surface area contributed by atoms with Crippen LogP contribution in [-0.2, 0) is 9.47 Å². The van der Waals surface area contributed by atoms with Crippen molar-refractivity contribution in [3.63, 3.8) is 0 Å². The Hall–Kier alpha value is 0.500. The lowest BCUT2D eigenvalue weighted by molar-refractivity contribution is -0.187. The summed E-state index contributed by atoms with van der Waals surface area (Å²) in [4.78, 5) is 7.70. The second kappa shape index (κ2) is 12.8. The topological polar surface area (TPSA) is 28.2 Å². The van der Waals surface area contributed by atoms with Crippen LogP contribution in [-0.4, -0.2) is 107 Å². The molecule has 6 rings (SSSR count). The molecule has 0 N–H and O–H groups in total. The van der Waals surface area contributed by atoms with Gasteiger partial charge in [0.1, 0.15) is 0 Å². The Morgan fingerprint density at radius 3 is 1.56 bits per heavy atom. The van der Waals surface area contributed by atoms with Crippen molar-refractivity contribution in [1.29, 1.82) is 0 Å². The van der Waals surface area contributed by atoms with E-state index in [2.05, 4.69) is 79.8 Å². The summed E-state index contributed by atoms with van der Waals surface area (Å²) in [6.45, 7) is 22.9. The van der Waals surface area contributed by atoms with Gasteiger partial charge in [0.25, 0.3) is 0 Å². The summed E-state index contributed by atoms with van der Waals surface area (Å²) in [6, 6.07) is 2.17. The Bertz CT molecular complexity index is 655. The van der Waals surface area contributed by atoms with Gasteiger partial charge in [0.15, 0.2) is 5.79 Å². The largest absolute Gasteiger partial charge is 0.347 e. The molecule has 1 aliphatic carbocycles. The second-order valence-electron chi connectivity index (χ2n) is 12.9. The van der Waals surface area contributed by atoms with Crippen LogP contribution in [0.15, 0.2) is 0 Å². The van der Waals surface area contributed by atoms with Crippen molar-refractivity contribution < 1.29 is 9.47 Å². The molecule has 6 aliphatic rings. The van der Waals surface area contributed by atoms with Crippen LogP contribution in [0.25, 0.3) is 0 Å². The van der Waals surface area contributed by atoms with Gasteiger partial charge in [-0.05, 0) is 84.1 Å². The van der Waals surface area contributed by atoms with E-state index in [1.165, 1.54) is 69.8 Å². The van der Waals surface area contributed by atoms with Crippen LogP contribution in [0.1, 0.15) is 86.5 Å². The van der Waals surface area contributed by atoms with Crippen LogP contribution in [0, 0.1) is 5.41 Å². The highest BCUT2D eigenvalue weighted by molar-refractivity contribution is 8.18. The van der Waals surface area contributed by atoms with E-state index in [1.54, 1.807) is 0 Å². The summed E-state index contributed by atoms with van der Waals surface area (Å²) in [5.41, 5.74) is 0.824. The Morgan fingerprint density at radius 1 is 0.583 bits per heavy atom. The van der Waals surface area contributed by atoms with Crippen molar-refractivity contribution in [1.82, 2.24) is 14.7 Å². The molecule has 0 radical (unpaired) electrons. The fraction of sp³-hybridized carbons (Fsp3) is 1.00. The van der Waals surface area contributed by atoms with Crippen molar-refractivity contribution >= 4 is 23.5 Å². The van der Waals surface area contributed by atoms with Crippen LogP contribution in [0.5, 0.6) is 0 Å². The third kappa shape index (κ3) is 7.37. The number of hydrogen-bond acceptors (Lipinski definition) is 7. The molecule has 6 fully saturated rings. The maximum Gasteiger partial charge on any atom is 0.170 e. The monoisotopic (exact) mass is 541 g/mol. The minimum absolute atomic E-state index is 0.203. The second-order valence-corrected chi connectivity index (χ2v) is 16.1. The summed E-state index contributed by atoms with van der Waals surface area (Å²) in [6.07, 6.45) is 9.40. The molecule has 0 bridgehead atoms. The Morgan fingerprint density at radius 2 is 1.11 bits per heavy atom. The van der Waals surface area contributed by atoms with E-state index >= 15 is 0 Å². The summed E-state index contributed by atoms with van der Waals surface area (Å²) in [5, 5.41) is 0. The zero-order valence-corrected chi connectivity index (χ0v) is 25.9. The Kier molecular flexibility index (Phi) is 10.5. The molecule has 5 saturated heterocycles. The van der Waals surface area contributed by atoms with Gasteiger partial charge in [0.2, 0.25) is 0 Å². The summed E-state index contributed by atoms with van der Waals surface area (Å²) in [7, 11) is 0. The van der Waals surface area contributed by atoms with Gasteiger partial charge in [0.05, 0.1) is 17.3 Å². The van der Waals surface area contributed by atoms with E-state index in [9.17, 15) is 0 Å². The first-order chi connectivity index (χ1) is 17.2. The lowest BCUT2D eigenvalue weighted by Gasteiger charge is -2.57. The molecule has 36 heavy (non-hydrogen) atoms. The number of piperidine rings is 1. The van der Waals surface area contributed by atoms with Crippen LogP contribution in [0.2, 0.25) is 0 Å². The molecule has 0 atom stereocenters. The molecule has 210 valence electrons. The molecule has 0 unspecified atom stereocenters. The van der Waals surface area contributed by atoms with E-state index < -0.39 is 0 Å². The number of rotatable bonds is 3. The standard InChI is InChI=1S/C10H19NO2.C10H19NS2.C9H17N/c1-9(2)11-5-3-10(4-6-11)12-7-8-13-10;1-9(2)11-5-4-10(8-11)12-6-3-7-13-10;1-8(2)10-6-9(7-10)4-3-5-9/h2*9H,3-8H2,1-2H3;8H,3-7H2,1-2H3. The molecule has 5 aliphatic heterocycles. The average molecular weight is 542 g/mol. The minimum atomic E-state index is -0.203. The van der Waals surface area contributed by atoms with E-state index in [0.717, 1.165) is 56.6 Å². The van der Waals surface area contributed by atoms with Gasteiger partial charge in [-0.15, -0.1) is 23.5 Å². The molecule has 3 spiro atoms. The lowest BCUT2D eigenvalue weighted by Crippen LogP contribution is -2.61. The average Bonchev–Trinajstić information content (AvgIpc) is 3.41. The van der Waals surface area contributed by atoms with Gasteiger partial charge in [-0.25, -0.2) is 0 Å². The van der Waals surface area contributed by atoms with Crippen molar-refractivity contribution in [2.24, 2.45) is 5.41 Å². The quantitative estimate of drug-likeness (QED) is 0.447. The van der Waals surface area contributed by atoms with Crippen LogP contribution in [0.3, 0.4) is 0 Å². The number of hydrogen-bond donors (Lipinski definition) is 0. The molecule has 0 aromatic carbocycles. The fourth-order valence-electron chi connectivity index (χ4n) is 6.42. The maximum absolute atomic E-state index is 5.66. The number of likely N-dealkylation sites (tertiary alicyclic amines) is 3. The zero-order valence-electron chi connectivity index (χ0n) is 24.2. The molecular formula is C29H55N3O2S2. The molecule has 5 heterocycles. The first-order valence-electron chi connectivity index (χ1n) is 14.9. The van der Waals surface area contributed by atoms with Crippen molar-refractivity contribution in [3.8, 4) is 0 Å². The highest BCUT2D eigenvalue weighted by Gasteiger charge is 2.47. The van der Waals surface area contributed by atoms with Crippen molar-refractivity contribution in [2.45, 2.75) is 114 Å². The normalized spacial score (nSPS) is 29.2. The van der Waals surface area contributed by atoms with Crippen molar-refractivity contribution in [2.75, 3.05) is 64.0 Å². The molecule has 1 saturated carbocycles. The van der Waals surface area contributed by atoms with E-state index in [0.29, 0.717) is 10.1 Å². The molecule has 0 aromatic heterocycles. The minimum Gasteiger partial charge on any atom is -0.347 e. The van der Waals surface area contributed by atoms with Gasteiger partial charge < -0.3 is 14.4 Å². The smallest absolute Gasteiger partial charge is 0.170 e. The highest BCUT2D eigenvalue weighted by atomic mass is 32.2. The molecule has 0 amide bonds. The summed E-state index contributed by atoms with van der Waals surface area (Å²) in [5.74, 6) is 2.57. The van der Waals surface area contributed by atoms with Gasteiger partial charge in [0, 0.05) is 70.2 Å². The van der Waals surface area contributed by atoms with Gasteiger partial charge in [-0.1, -0.05) is 6.42 Å². The van der Waals surface area contributed by atoms with Crippen LogP contribution in [0.4, 0.5) is 0 Å². The van der Waals surface area contributed by atoms with Gasteiger partial charge in [-0.2, -0.15) is 0 Å². The highest BCUT2D eigenvalue weighted by Crippen LogP contribution is 2.49. The number of nitrogens with zero attached hydrogens (tertiary/aromatic N) is 3. The van der Waals surface area contributed by atoms with Crippen LogP contribution >= 0.6 is 23.5 Å². The Balaban J connectivity index is 0.000000128. The SMILES string of the molecule is CC(C)N1CC2(CCC2)C1.CC(C)N1CCC2(C1)SCCCS2.CC(C)N1CCC2(CC1)OCCO2. The Labute approximate surface area is 231 Å². The van der Waals surface area contributed by atoms with Gasteiger partial charge in [-0.3, -0.25) is 9.80 Å². The van der Waals surface area contributed by atoms with Crippen molar-refractivity contribution in [3.05, 3.63) is 0 Å². The first kappa shape index (κ1) is 29.5. The fourth-order valence-corrected chi connectivity index (χ4v) is 9.74. The zero-order chi connectivity index (χ0) is 25.8. The summed E-state index contributed by atoms with van der Waals surface area (Å²) >= 11 is 4.43. The van der Waals surface area contributed by atoms with E-state index in [4.69, 9.17) is 9.47 Å². The van der Waals surface area contributed by atoms with Gasteiger partial charge >= 0.3 is 0 Å².